The molecule has 0 spiro atoms. The van der Waals surface area contributed by atoms with Crippen molar-refractivity contribution < 1.29 is 18.9 Å². The smallest absolute Gasteiger partial charge is 0.433 e. The monoisotopic (exact) mass is 281 g/mol. The molecule has 1 heterocycles. The van der Waals surface area contributed by atoms with Gasteiger partial charge in [-0.2, -0.15) is 0 Å². The molecular weight excluding hydrogens is 274 g/mol. The van der Waals surface area contributed by atoms with E-state index in [4.69, 9.17) is 20.8 Å². The summed E-state index contributed by atoms with van der Waals surface area (Å²) in [5, 5.41) is 10.9. The first-order valence-corrected chi connectivity index (χ1v) is 5.60. The number of furan rings is 1. The predicted octanol–water partition coefficient (Wildman–Crippen LogP) is 3.20. The topological polar surface area (TPSA) is 82.6 Å². The van der Waals surface area contributed by atoms with Crippen molar-refractivity contribution in [3.05, 3.63) is 62.9 Å². The van der Waals surface area contributed by atoms with Gasteiger partial charge in [0, 0.05) is 5.02 Å². The summed E-state index contributed by atoms with van der Waals surface area (Å²) in [7, 11) is 0. The normalized spacial score (nSPS) is 10.2. The number of carbonyl (C=O) groups is 1. The van der Waals surface area contributed by atoms with Gasteiger partial charge in [0.1, 0.15) is 17.3 Å². The Hall–Kier alpha value is -2.34. The molecule has 0 saturated heterocycles. The second kappa shape index (κ2) is 5.53. The molecule has 0 bridgehead atoms. The van der Waals surface area contributed by atoms with Crippen molar-refractivity contribution in [2.75, 3.05) is 0 Å². The van der Waals surface area contributed by atoms with Crippen LogP contribution in [0.1, 0.15) is 16.1 Å². The van der Waals surface area contributed by atoms with E-state index in [0.29, 0.717) is 10.6 Å². The quantitative estimate of drug-likeness (QED) is 0.488. The van der Waals surface area contributed by atoms with Crippen LogP contribution in [0.5, 0.6) is 0 Å². The minimum Gasteiger partial charge on any atom is -0.454 e. The van der Waals surface area contributed by atoms with Gasteiger partial charge in [-0.15, -0.1) is 0 Å². The average Bonchev–Trinajstić information content (AvgIpc) is 2.86. The molecule has 0 saturated carbocycles. The predicted molar refractivity (Wildman–Crippen MR) is 65.9 cm³/mol. The molecule has 98 valence electrons. The van der Waals surface area contributed by atoms with Crippen LogP contribution in [-0.2, 0) is 11.3 Å². The number of esters is 1. The van der Waals surface area contributed by atoms with Gasteiger partial charge in [-0.25, -0.2) is 4.79 Å². The molecule has 0 aliphatic rings. The van der Waals surface area contributed by atoms with Crippen LogP contribution >= 0.6 is 11.6 Å². The molecule has 0 radical (unpaired) electrons. The summed E-state index contributed by atoms with van der Waals surface area (Å²) in [4.78, 5) is 21.4. The van der Waals surface area contributed by atoms with E-state index < -0.39 is 16.8 Å². The number of rotatable bonds is 4. The number of nitro groups is 1. The van der Waals surface area contributed by atoms with Crippen LogP contribution in [0, 0.1) is 10.1 Å². The highest BCUT2D eigenvalue weighted by atomic mass is 35.5. The van der Waals surface area contributed by atoms with Crippen LogP contribution in [0.15, 0.2) is 40.8 Å². The minimum absolute atomic E-state index is 0.171. The first-order chi connectivity index (χ1) is 9.06. The van der Waals surface area contributed by atoms with Gasteiger partial charge in [-0.1, -0.05) is 11.6 Å². The Morgan fingerprint density at radius 2 is 1.95 bits per heavy atom. The van der Waals surface area contributed by atoms with Gasteiger partial charge in [-0.3, -0.25) is 10.1 Å². The van der Waals surface area contributed by atoms with Crippen LogP contribution in [0.3, 0.4) is 0 Å². The number of carbonyl (C=O) groups excluding carboxylic acids is 1. The lowest BCUT2D eigenvalue weighted by molar-refractivity contribution is -0.402. The Kier molecular flexibility index (Phi) is 3.82. The molecule has 0 fully saturated rings. The highest BCUT2D eigenvalue weighted by molar-refractivity contribution is 6.30. The molecule has 0 amide bonds. The number of nitrogens with zero attached hydrogens (tertiary/aromatic N) is 1. The standard InChI is InChI=1S/C12H8ClNO5/c13-9-3-1-8(2-4-9)12(15)18-7-10-5-6-11(19-10)14(16)17/h1-6H,7H2. The second-order valence-electron chi connectivity index (χ2n) is 3.58. The third kappa shape index (κ3) is 3.32. The van der Waals surface area contributed by atoms with E-state index >= 15 is 0 Å². The minimum atomic E-state index is -0.662. The first kappa shape index (κ1) is 13.1. The Labute approximate surface area is 112 Å². The van der Waals surface area contributed by atoms with Gasteiger partial charge in [0.25, 0.3) is 0 Å². The summed E-state index contributed by atoms with van der Waals surface area (Å²) in [6.45, 7) is -0.171. The summed E-state index contributed by atoms with van der Waals surface area (Å²) < 4.78 is 9.80. The van der Waals surface area contributed by atoms with Crippen LogP contribution in [-0.4, -0.2) is 10.9 Å². The summed E-state index contributed by atoms with van der Waals surface area (Å²) in [5.74, 6) is -0.748. The molecule has 7 heteroatoms. The second-order valence-corrected chi connectivity index (χ2v) is 4.02. The van der Waals surface area contributed by atoms with E-state index in [9.17, 15) is 14.9 Å². The highest BCUT2D eigenvalue weighted by Gasteiger charge is 2.13. The lowest BCUT2D eigenvalue weighted by Gasteiger charge is -2.02. The third-order valence-corrected chi connectivity index (χ3v) is 2.50. The zero-order valence-corrected chi connectivity index (χ0v) is 10.3. The van der Waals surface area contributed by atoms with E-state index in [0.717, 1.165) is 0 Å². The molecule has 1 aromatic heterocycles. The van der Waals surface area contributed by atoms with Crippen LogP contribution in [0.4, 0.5) is 5.88 Å². The molecule has 6 nitrogen and oxygen atoms in total. The molecule has 2 rings (SSSR count). The molecule has 0 aliphatic carbocycles. The summed E-state index contributed by atoms with van der Waals surface area (Å²) in [6.07, 6.45) is 0. The van der Waals surface area contributed by atoms with E-state index in [1.54, 1.807) is 12.1 Å². The average molecular weight is 282 g/mol. The van der Waals surface area contributed by atoms with Crippen molar-refractivity contribution in [2.24, 2.45) is 0 Å². The van der Waals surface area contributed by atoms with Gasteiger partial charge >= 0.3 is 11.9 Å². The summed E-state index contributed by atoms with van der Waals surface area (Å²) in [5.41, 5.74) is 0.338. The van der Waals surface area contributed by atoms with E-state index in [-0.39, 0.29) is 12.4 Å². The number of halogens is 1. The SMILES string of the molecule is O=C(OCc1ccc([N+](=O)[O-])o1)c1ccc(Cl)cc1. The van der Waals surface area contributed by atoms with Gasteiger partial charge in [0.15, 0.2) is 0 Å². The van der Waals surface area contributed by atoms with Gasteiger partial charge in [-0.05, 0) is 30.3 Å². The van der Waals surface area contributed by atoms with Crippen molar-refractivity contribution in [1.82, 2.24) is 0 Å². The van der Waals surface area contributed by atoms with Crippen LogP contribution in [0.25, 0.3) is 0 Å². The first-order valence-electron chi connectivity index (χ1n) is 5.22. The Balaban J connectivity index is 1.96. The van der Waals surface area contributed by atoms with Crippen molar-refractivity contribution in [3.8, 4) is 0 Å². The maximum Gasteiger partial charge on any atom is 0.433 e. The van der Waals surface area contributed by atoms with Gasteiger partial charge in [0.05, 0.1) is 11.6 Å². The lowest BCUT2D eigenvalue weighted by atomic mass is 10.2. The largest absolute Gasteiger partial charge is 0.454 e. The number of hydrogen-bond donors (Lipinski definition) is 0. The summed E-state index contributed by atoms with van der Waals surface area (Å²) in [6, 6.07) is 8.76. The summed E-state index contributed by atoms with van der Waals surface area (Å²) >= 11 is 5.69. The molecule has 0 aliphatic heterocycles. The van der Waals surface area contributed by atoms with E-state index in [1.165, 1.54) is 24.3 Å². The highest BCUT2D eigenvalue weighted by Crippen LogP contribution is 2.17. The van der Waals surface area contributed by atoms with Crippen molar-refractivity contribution >= 4 is 23.5 Å². The third-order valence-electron chi connectivity index (χ3n) is 2.25. The van der Waals surface area contributed by atoms with Crippen molar-refractivity contribution in [3.63, 3.8) is 0 Å². The van der Waals surface area contributed by atoms with Crippen molar-refractivity contribution in [1.29, 1.82) is 0 Å². The fourth-order valence-corrected chi connectivity index (χ4v) is 1.47. The number of ether oxygens (including phenoxy) is 1. The molecular formula is C12H8ClNO5. The molecule has 0 N–H and O–H groups in total. The van der Waals surface area contributed by atoms with Gasteiger partial charge in [0.2, 0.25) is 0 Å². The zero-order chi connectivity index (χ0) is 13.8. The molecule has 2 aromatic rings. The Morgan fingerprint density at radius 1 is 1.26 bits per heavy atom. The molecule has 19 heavy (non-hydrogen) atoms. The maximum absolute atomic E-state index is 11.6. The molecule has 0 unspecified atom stereocenters. The fourth-order valence-electron chi connectivity index (χ4n) is 1.35. The molecule has 0 atom stereocenters. The van der Waals surface area contributed by atoms with Crippen LogP contribution in [0.2, 0.25) is 5.02 Å². The van der Waals surface area contributed by atoms with E-state index in [1.807, 2.05) is 0 Å². The number of benzene rings is 1. The number of hydrogen-bond acceptors (Lipinski definition) is 5. The Morgan fingerprint density at radius 3 is 2.53 bits per heavy atom. The Bertz CT molecular complexity index is 605. The molecule has 1 aromatic carbocycles. The van der Waals surface area contributed by atoms with E-state index in [2.05, 4.69) is 0 Å². The maximum atomic E-state index is 11.6. The fraction of sp³-hybridized carbons (Fsp3) is 0.0833. The zero-order valence-electron chi connectivity index (χ0n) is 9.54. The van der Waals surface area contributed by atoms with Crippen LogP contribution < -0.4 is 0 Å². The lowest BCUT2D eigenvalue weighted by Crippen LogP contribution is -2.04. The van der Waals surface area contributed by atoms with Gasteiger partial charge < -0.3 is 9.15 Å². The van der Waals surface area contributed by atoms with Crippen molar-refractivity contribution in [2.45, 2.75) is 6.61 Å².